The fourth-order valence-electron chi connectivity index (χ4n) is 1.56. The standard InChI is InChI=1S/C14H20ClN3O2/c1-9(2)8-17-13(19)4-5-16-14(20)11-6-10(3)18-12(15)7-11/h6-7,9H,4-5,8H2,1-3H3,(H,16,20)(H,17,19). The van der Waals surface area contributed by atoms with Crippen molar-refractivity contribution in [2.75, 3.05) is 13.1 Å². The van der Waals surface area contributed by atoms with Crippen LogP contribution in [0.15, 0.2) is 12.1 Å². The van der Waals surface area contributed by atoms with E-state index < -0.39 is 0 Å². The Morgan fingerprint density at radius 2 is 2.00 bits per heavy atom. The van der Waals surface area contributed by atoms with Gasteiger partial charge in [0.05, 0.1) is 0 Å². The molecule has 20 heavy (non-hydrogen) atoms. The number of aryl methyl sites for hydroxylation is 1. The molecule has 0 aromatic carbocycles. The number of carbonyl (C=O) groups is 2. The Morgan fingerprint density at radius 1 is 1.30 bits per heavy atom. The molecule has 110 valence electrons. The molecule has 0 aliphatic heterocycles. The SMILES string of the molecule is Cc1cc(C(=O)NCCC(=O)NCC(C)C)cc(Cl)n1. The Balaban J connectivity index is 2.38. The maximum Gasteiger partial charge on any atom is 0.251 e. The van der Waals surface area contributed by atoms with Crippen molar-refractivity contribution < 1.29 is 9.59 Å². The molecule has 0 fully saturated rings. The first kappa shape index (κ1) is 16.4. The molecule has 1 rings (SSSR count). The van der Waals surface area contributed by atoms with E-state index in [0.717, 1.165) is 0 Å². The lowest BCUT2D eigenvalue weighted by molar-refractivity contribution is -0.121. The Labute approximate surface area is 124 Å². The van der Waals surface area contributed by atoms with Gasteiger partial charge in [0, 0.05) is 30.8 Å². The fourth-order valence-corrected chi connectivity index (χ4v) is 1.81. The highest BCUT2D eigenvalue weighted by Gasteiger charge is 2.08. The van der Waals surface area contributed by atoms with Gasteiger partial charge in [-0.3, -0.25) is 9.59 Å². The summed E-state index contributed by atoms with van der Waals surface area (Å²) in [5.74, 6) is 0.0903. The number of carbonyl (C=O) groups excluding carboxylic acids is 2. The van der Waals surface area contributed by atoms with Gasteiger partial charge in [-0.1, -0.05) is 25.4 Å². The minimum atomic E-state index is -0.256. The van der Waals surface area contributed by atoms with Gasteiger partial charge in [0.15, 0.2) is 0 Å². The molecular formula is C14H20ClN3O2. The van der Waals surface area contributed by atoms with Gasteiger partial charge in [-0.25, -0.2) is 4.98 Å². The fraction of sp³-hybridized carbons (Fsp3) is 0.500. The van der Waals surface area contributed by atoms with E-state index in [1.54, 1.807) is 13.0 Å². The van der Waals surface area contributed by atoms with Gasteiger partial charge in [0.25, 0.3) is 5.91 Å². The van der Waals surface area contributed by atoms with Crippen LogP contribution < -0.4 is 10.6 Å². The molecule has 0 aliphatic carbocycles. The molecule has 5 nitrogen and oxygen atoms in total. The number of hydrogen-bond donors (Lipinski definition) is 2. The van der Waals surface area contributed by atoms with Gasteiger partial charge in [0.2, 0.25) is 5.91 Å². The van der Waals surface area contributed by atoms with Crippen molar-refractivity contribution >= 4 is 23.4 Å². The first-order valence-electron chi connectivity index (χ1n) is 6.57. The number of nitrogens with zero attached hydrogens (tertiary/aromatic N) is 1. The van der Waals surface area contributed by atoms with E-state index in [4.69, 9.17) is 11.6 Å². The zero-order valence-electron chi connectivity index (χ0n) is 12.0. The quantitative estimate of drug-likeness (QED) is 0.788. The van der Waals surface area contributed by atoms with E-state index in [-0.39, 0.29) is 23.4 Å². The molecular weight excluding hydrogens is 278 g/mol. The Morgan fingerprint density at radius 3 is 2.60 bits per heavy atom. The molecule has 0 atom stereocenters. The van der Waals surface area contributed by atoms with Crippen LogP contribution in [0.2, 0.25) is 5.15 Å². The second-order valence-corrected chi connectivity index (χ2v) is 5.41. The minimum absolute atomic E-state index is 0.0667. The first-order chi connectivity index (χ1) is 9.38. The number of hydrogen-bond acceptors (Lipinski definition) is 3. The van der Waals surface area contributed by atoms with Crippen LogP contribution in [0.3, 0.4) is 0 Å². The zero-order valence-corrected chi connectivity index (χ0v) is 12.8. The average Bonchev–Trinajstić information content (AvgIpc) is 2.35. The molecule has 0 radical (unpaired) electrons. The summed E-state index contributed by atoms with van der Waals surface area (Å²) in [6, 6.07) is 3.16. The third kappa shape index (κ3) is 6.02. The highest BCUT2D eigenvalue weighted by molar-refractivity contribution is 6.29. The number of rotatable bonds is 6. The predicted octanol–water partition coefficient (Wildman–Crippen LogP) is 1.94. The van der Waals surface area contributed by atoms with Crippen LogP contribution >= 0.6 is 11.6 Å². The summed E-state index contributed by atoms with van der Waals surface area (Å²) in [7, 11) is 0. The van der Waals surface area contributed by atoms with Crippen molar-refractivity contribution in [1.82, 2.24) is 15.6 Å². The van der Waals surface area contributed by atoms with Crippen LogP contribution in [0, 0.1) is 12.8 Å². The number of nitrogens with one attached hydrogen (secondary N) is 2. The molecule has 1 aromatic heterocycles. The monoisotopic (exact) mass is 297 g/mol. The van der Waals surface area contributed by atoms with Gasteiger partial charge in [-0.2, -0.15) is 0 Å². The average molecular weight is 298 g/mol. The van der Waals surface area contributed by atoms with Crippen LogP contribution in [0.5, 0.6) is 0 Å². The van der Waals surface area contributed by atoms with Crippen LogP contribution in [0.4, 0.5) is 0 Å². The predicted molar refractivity (Wildman–Crippen MR) is 78.8 cm³/mol. The summed E-state index contributed by atoms with van der Waals surface area (Å²) in [5, 5.41) is 5.76. The van der Waals surface area contributed by atoms with Crippen molar-refractivity contribution in [3.05, 3.63) is 28.5 Å². The van der Waals surface area contributed by atoms with Crippen LogP contribution in [0.25, 0.3) is 0 Å². The Kier molecular flexibility index (Phi) is 6.45. The van der Waals surface area contributed by atoms with Crippen molar-refractivity contribution in [2.45, 2.75) is 27.2 Å². The second-order valence-electron chi connectivity index (χ2n) is 5.02. The molecule has 2 N–H and O–H groups in total. The number of pyridine rings is 1. The topological polar surface area (TPSA) is 71.1 Å². The maximum absolute atomic E-state index is 11.9. The molecule has 1 aromatic rings. The first-order valence-corrected chi connectivity index (χ1v) is 6.95. The summed E-state index contributed by atoms with van der Waals surface area (Å²) in [6.45, 7) is 6.75. The number of amides is 2. The van der Waals surface area contributed by atoms with Gasteiger partial charge >= 0.3 is 0 Å². The summed E-state index contributed by atoms with van der Waals surface area (Å²) < 4.78 is 0. The zero-order chi connectivity index (χ0) is 15.1. The maximum atomic E-state index is 11.9. The lowest BCUT2D eigenvalue weighted by atomic mass is 10.2. The lowest BCUT2D eigenvalue weighted by Gasteiger charge is -2.08. The molecule has 0 saturated carbocycles. The van der Waals surface area contributed by atoms with Gasteiger partial charge in [-0.15, -0.1) is 0 Å². The Hall–Kier alpha value is -1.62. The van der Waals surface area contributed by atoms with E-state index >= 15 is 0 Å². The van der Waals surface area contributed by atoms with Gasteiger partial charge in [0.1, 0.15) is 5.15 Å². The number of halogens is 1. The number of aromatic nitrogens is 1. The summed E-state index contributed by atoms with van der Waals surface area (Å²) in [4.78, 5) is 27.3. The lowest BCUT2D eigenvalue weighted by Crippen LogP contribution is -2.32. The summed E-state index contributed by atoms with van der Waals surface area (Å²) in [5.41, 5.74) is 1.13. The molecule has 2 amide bonds. The molecule has 6 heteroatoms. The summed E-state index contributed by atoms with van der Waals surface area (Å²) >= 11 is 5.79. The second kappa shape index (κ2) is 7.85. The van der Waals surface area contributed by atoms with Crippen LogP contribution in [0.1, 0.15) is 36.3 Å². The largest absolute Gasteiger partial charge is 0.356 e. The van der Waals surface area contributed by atoms with Crippen LogP contribution in [-0.4, -0.2) is 29.9 Å². The molecule has 0 unspecified atom stereocenters. The summed E-state index contributed by atoms with van der Waals surface area (Å²) in [6.07, 6.45) is 0.260. The third-order valence-electron chi connectivity index (χ3n) is 2.53. The highest BCUT2D eigenvalue weighted by Crippen LogP contribution is 2.10. The van der Waals surface area contributed by atoms with Crippen LogP contribution in [-0.2, 0) is 4.79 Å². The molecule has 0 spiro atoms. The van der Waals surface area contributed by atoms with E-state index in [9.17, 15) is 9.59 Å². The van der Waals surface area contributed by atoms with Crippen molar-refractivity contribution in [1.29, 1.82) is 0 Å². The Bertz CT molecular complexity index is 469. The van der Waals surface area contributed by atoms with Gasteiger partial charge in [-0.05, 0) is 25.0 Å². The normalized spacial score (nSPS) is 10.4. The molecule has 1 heterocycles. The highest BCUT2D eigenvalue weighted by atomic mass is 35.5. The van der Waals surface area contributed by atoms with Gasteiger partial charge < -0.3 is 10.6 Å². The van der Waals surface area contributed by atoms with E-state index in [1.165, 1.54) is 6.07 Å². The third-order valence-corrected chi connectivity index (χ3v) is 2.72. The van der Waals surface area contributed by atoms with Crippen molar-refractivity contribution in [3.63, 3.8) is 0 Å². The molecule has 0 saturated heterocycles. The minimum Gasteiger partial charge on any atom is -0.356 e. The van der Waals surface area contributed by atoms with Crippen molar-refractivity contribution in [3.8, 4) is 0 Å². The molecule has 0 bridgehead atoms. The van der Waals surface area contributed by atoms with E-state index in [0.29, 0.717) is 30.3 Å². The smallest absolute Gasteiger partial charge is 0.251 e. The molecule has 0 aliphatic rings. The van der Waals surface area contributed by atoms with E-state index in [2.05, 4.69) is 15.6 Å². The van der Waals surface area contributed by atoms with Crippen molar-refractivity contribution in [2.24, 2.45) is 5.92 Å². The van der Waals surface area contributed by atoms with E-state index in [1.807, 2.05) is 13.8 Å².